The molecule has 0 aromatic heterocycles. The van der Waals surface area contributed by atoms with Crippen molar-refractivity contribution in [2.24, 2.45) is 16.8 Å². The molecule has 3 atom stereocenters. The van der Waals surface area contributed by atoms with E-state index in [1.807, 2.05) is 12.1 Å². The van der Waals surface area contributed by atoms with Gasteiger partial charge in [0.25, 0.3) is 0 Å². The standard InChI is InChI=1S/C19H21N3OSe/c1-13-16(21-22-19(20)23)12-17(14-8-4-2-5-9-14)24-18(13)15-10-6-3-7-11-15/h2-11,13,17-18H,12H2,1H3,(H3,20,22,23)/b21-16+/t13-,17+,18-/m0/s1. The van der Waals surface area contributed by atoms with Crippen LogP contribution in [0.1, 0.15) is 34.1 Å². The number of hydrogen-bond acceptors (Lipinski definition) is 2. The van der Waals surface area contributed by atoms with Gasteiger partial charge in [0.15, 0.2) is 0 Å². The van der Waals surface area contributed by atoms with Crippen molar-refractivity contribution in [2.45, 2.75) is 23.0 Å². The van der Waals surface area contributed by atoms with Crippen LogP contribution in [0.4, 0.5) is 4.79 Å². The summed E-state index contributed by atoms with van der Waals surface area (Å²) in [6.45, 7) is 2.20. The first kappa shape index (κ1) is 16.7. The molecule has 5 heteroatoms. The zero-order chi connectivity index (χ0) is 16.9. The Hall–Kier alpha value is -2.10. The molecule has 3 rings (SSSR count). The number of benzene rings is 2. The third-order valence-corrected chi connectivity index (χ3v) is 7.95. The van der Waals surface area contributed by atoms with Gasteiger partial charge in [0.1, 0.15) is 0 Å². The van der Waals surface area contributed by atoms with E-state index in [2.05, 4.69) is 66.0 Å². The third-order valence-electron chi connectivity index (χ3n) is 4.29. The van der Waals surface area contributed by atoms with Crippen molar-refractivity contribution in [1.82, 2.24) is 5.43 Å². The normalized spacial score (nSPS) is 25.4. The fourth-order valence-corrected chi connectivity index (χ4v) is 6.49. The van der Waals surface area contributed by atoms with Crippen LogP contribution < -0.4 is 11.2 Å². The summed E-state index contributed by atoms with van der Waals surface area (Å²) in [4.78, 5) is 11.9. The average Bonchev–Trinajstić information content (AvgIpc) is 2.62. The number of hydrazone groups is 1. The molecular weight excluding hydrogens is 365 g/mol. The molecule has 2 amide bonds. The average molecular weight is 386 g/mol. The van der Waals surface area contributed by atoms with E-state index in [9.17, 15) is 4.79 Å². The fraction of sp³-hybridized carbons (Fsp3) is 0.263. The van der Waals surface area contributed by atoms with Crippen LogP contribution in [0.15, 0.2) is 65.8 Å². The molecule has 4 nitrogen and oxygen atoms in total. The van der Waals surface area contributed by atoms with E-state index < -0.39 is 6.03 Å². The van der Waals surface area contributed by atoms with Crippen LogP contribution in [-0.4, -0.2) is 26.7 Å². The maximum atomic E-state index is 11.1. The van der Waals surface area contributed by atoms with Gasteiger partial charge in [0.05, 0.1) is 0 Å². The monoisotopic (exact) mass is 387 g/mol. The van der Waals surface area contributed by atoms with Crippen molar-refractivity contribution in [3.05, 3.63) is 71.8 Å². The Labute approximate surface area is 148 Å². The van der Waals surface area contributed by atoms with E-state index in [1.165, 1.54) is 11.1 Å². The zero-order valence-corrected chi connectivity index (χ0v) is 15.3. The van der Waals surface area contributed by atoms with E-state index in [0.29, 0.717) is 30.5 Å². The van der Waals surface area contributed by atoms with E-state index in [-0.39, 0.29) is 0 Å². The summed E-state index contributed by atoms with van der Waals surface area (Å²) in [5, 5.41) is 4.32. The molecule has 3 N–H and O–H groups in total. The fourth-order valence-electron chi connectivity index (χ4n) is 3.04. The van der Waals surface area contributed by atoms with Crippen molar-refractivity contribution < 1.29 is 4.79 Å². The molecule has 0 saturated carbocycles. The SMILES string of the molecule is C[C@H]1/C(=N/NC(N)=O)C[C@H](c2ccccc2)[Se][C@@H]1c1ccccc1. The van der Waals surface area contributed by atoms with Gasteiger partial charge in [-0.15, -0.1) is 0 Å². The maximum absolute atomic E-state index is 11.1. The molecule has 0 bridgehead atoms. The van der Waals surface area contributed by atoms with Gasteiger partial charge in [0, 0.05) is 0 Å². The number of primary amides is 1. The number of nitrogens with zero attached hydrogens (tertiary/aromatic N) is 1. The van der Waals surface area contributed by atoms with Crippen LogP contribution in [0, 0.1) is 5.92 Å². The van der Waals surface area contributed by atoms with E-state index in [4.69, 9.17) is 5.73 Å². The van der Waals surface area contributed by atoms with Crippen LogP contribution in [0.5, 0.6) is 0 Å². The van der Waals surface area contributed by atoms with Gasteiger partial charge in [-0.1, -0.05) is 0 Å². The molecule has 0 unspecified atom stereocenters. The van der Waals surface area contributed by atoms with Crippen molar-refractivity contribution in [3.8, 4) is 0 Å². The summed E-state index contributed by atoms with van der Waals surface area (Å²) in [5.41, 5.74) is 11.3. The van der Waals surface area contributed by atoms with Crippen LogP contribution in [0.2, 0.25) is 0 Å². The molecule has 1 aliphatic rings. The Kier molecular flexibility index (Phi) is 5.34. The molecule has 24 heavy (non-hydrogen) atoms. The molecule has 124 valence electrons. The number of nitrogens with one attached hydrogen (secondary N) is 1. The summed E-state index contributed by atoms with van der Waals surface area (Å²) in [6, 6.07) is 20.6. The first-order valence-corrected chi connectivity index (χ1v) is 10.00. The quantitative estimate of drug-likeness (QED) is 0.617. The van der Waals surface area contributed by atoms with Crippen LogP contribution in [0.25, 0.3) is 0 Å². The zero-order valence-electron chi connectivity index (χ0n) is 13.6. The molecule has 0 radical (unpaired) electrons. The Morgan fingerprint density at radius 3 is 2.25 bits per heavy atom. The molecule has 2 aromatic rings. The van der Waals surface area contributed by atoms with E-state index >= 15 is 0 Å². The van der Waals surface area contributed by atoms with Gasteiger partial charge in [-0.25, -0.2) is 0 Å². The molecular formula is C19H21N3OSe. The Morgan fingerprint density at radius 2 is 1.67 bits per heavy atom. The third kappa shape index (κ3) is 3.86. The first-order chi connectivity index (χ1) is 11.6. The van der Waals surface area contributed by atoms with Gasteiger partial charge in [-0.3, -0.25) is 0 Å². The van der Waals surface area contributed by atoms with Gasteiger partial charge in [-0.05, 0) is 0 Å². The minimum atomic E-state index is -0.613. The number of carbonyl (C=O) groups excluding carboxylic acids is 1. The number of nitrogens with two attached hydrogens (primary N) is 1. The molecule has 0 spiro atoms. The van der Waals surface area contributed by atoms with Gasteiger partial charge < -0.3 is 0 Å². The number of hydrogen-bond donors (Lipinski definition) is 2. The second-order valence-electron chi connectivity index (χ2n) is 5.94. The Morgan fingerprint density at radius 1 is 1.08 bits per heavy atom. The Bertz CT molecular complexity index is 718. The van der Waals surface area contributed by atoms with Crippen LogP contribution in [-0.2, 0) is 0 Å². The molecule has 0 aliphatic carbocycles. The summed E-state index contributed by atoms with van der Waals surface area (Å²) in [6.07, 6.45) is 0.870. The first-order valence-electron chi connectivity index (χ1n) is 8.02. The predicted octanol–water partition coefficient (Wildman–Crippen LogP) is 3.24. The van der Waals surface area contributed by atoms with Crippen molar-refractivity contribution in [1.29, 1.82) is 0 Å². The summed E-state index contributed by atoms with van der Waals surface area (Å²) in [7, 11) is 0. The second kappa shape index (κ2) is 7.65. The second-order valence-corrected chi connectivity index (χ2v) is 8.77. The van der Waals surface area contributed by atoms with Gasteiger partial charge >= 0.3 is 148 Å². The molecule has 1 fully saturated rings. The van der Waals surface area contributed by atoms with Crippen LogP contribution in [0.3, 0.4) is 0 Å². The summed E-state index contributed by atoms with van der Waals surface area (Å²) in [5.74, 6) is 0.291. The number of urea groups is 1. The van der Waals surface area contributed by atoms with Crippen molar-refractivity contribution in [3.63, 3.8) is 0 Å². The van der Waals surface area contributed by atoms with E-state index in [1.54, 1.807) is 0 Å². The number of amides is 2. The molecule has 1 aliphatic heterocycles. The topological polar surface area (TPSA) is 67.5 Å². The molecule has 2 aromatic carbocycles. The van der Waals surface area contributed by atoms with Gasteiger partial charge in [-0.2, -0.15) is 0 Å². The predicted molar refractivity (Wildman–Crippen MR) is 98.1 cm³/mol. The molecule has 1 saturated heterocycles. The number of carbonyl (C=O) groups is 1. The van der Waals surface area contributed by atoms with Gasteiger partial charge in [0.2, 0.25) is 0 Å². The van der Waals surface area contributed by atoms with Crippen molar-refractivity contribution >= 4 is 26.7 Å². The summed E-state index contributed by atoms with van der Waals surface area (Å²) >= 11 is 0.411. The minimum absolute atomic E-state index is 0.291. The Balaban J connectivity index is 1.93. The van der Waals surface area contributed by atoms with E-state index in [0.717, 1.165) is 12.1 Å². The number of rotatable bonds is 3. The van der Waals surface area contributed by atoms with Crippen molar-refractivity contribution in [2.75, 3.05) is 0 Å². The molecule has 1 heterocycles. The summed E-state index contributed by atoms with van der Waals surface area (Å²) < 4.78 is 0. The van der Waals surface area contributed by atoms with Crippen LogP contribution >= 0.6 is 0 Å².